The molecule has 116 valence electrons. The number of sulfone groups is 1. The Labute approximate surface area is 120 Å². The molecule has 2 saturated heterocycles. The molecule has 0 aromatic heterocycles. The molecule has 0 aromatic carbocycles. The van der Waals surface area contributed by atoms with Gasteiger partial charge in [-0.25, -0.2) is 13.2 Å². The second-order valence-corrected chi connectivity index (χ2v) is 9.32. The Kier molecular flexibility index (Phi) is 3.79. The van der Waals surface area contributed by atoms with Crippen molar-refractivity contribution in [3.8, 4) is 0 Å². The number of hydrogen-bond donors (Lipinski definition) is 1. The number of hydrogen-bond acceptors (Lipinski definition) is 5. The number of likely N-dealkylation sites (tertiary alicyclic amines) is 1. The fourth-order valence-corrected chi connectivity index (χ4v) is 5.37. The van der Waals surface area contributed by atoms with E-state index >= 15 is 0 Å². The van der Waals surface area contributed by atoms with Gasteiger partial charge < -0.3 is 15.4 Å². The van der Waals surface area contributed by atoms with Crippen molar-refractivity contribution in [2.75, 3.05) is 18.8 Å². The summed E-state index contributed by atoms with van der Waals surface area (Å²) in [6.45, 7) is 6.28. The molecule has 2 fully saturated rings. The molecule has 0 bridgehead atoms. The van der Waals surface area contributed by atoms with E-state index in [1.165, 1.54) is 0 Å². The molecule has 7 heteroatoms. The maximum absolute atomic E-state index is 12.2. The Balaban J connectivity index is 2.01. The minimum Gasteiger partial charge on any atom is -0.444 e. The van der Waals surface area contributed by atoms with Crippen molar-refractivity contribution in [2.45, 2.75) is 56.4 Å². The number of carbonyl (C=O) groups excluding carboxylic acids is 1. The van der Waals surface area contributed by atoms with E-state index in [1.807, 2.05) is 20.8 Å². The van der Waals surface area contributed by atoms with E-state index in [9.17, 15) is 13.2 Å². The summed E-state index contributed by atoms with van der Waals surface area (Å²) in [5.41, 5.74) is 5.28. The zero-order valence-corrected chi connectivity index (χ0v) is 13.2. The molecule has 2 aliphatic rings. The summed E-state index contributed by atoms with van der Waals surface area (Å²) in [5.74, 6) is 0.0689. The van der Waals surface area contributed by atoms with Gasteiger partial charge in [-0.05, 0) is 40.0 Å². The number of amides is 1. The monoisotopic (exact) mass is 304 g/mol. The van der Waals surface area contributed by atoms with Gasteiger partial charge in [0.05, 0.1) is 10.5 Å². The van der Waals surface area contributed by atoms with Gasteiger partial charge in [-0.1, -0.05) is 0 Å². The number of carbonyl (C=O) groups is 1. The molecule has 6 nitrogen and oxygen atoms in total. The molecule has 0 aliphatic carbocycles. The van der Waals surface area contributed by atoms with Crippen molar-refractivity contribution in [1.82, 2.24) is 4.90 Å². The van der Waals surface area contributed by atoms with Crippen LogP contribution in [-0.2, 0) is 14.6 Å². The van der Waals surface area contributed by atoms with Gasteiger partial charge in [0.2, 0.25) is 0 Å². The van der Waals surface area contributed by atoms with Crippen molar-refractivity contribution in [3.63, 3.8) is 0 Å². The number of nitrogens with zero attached hydrogens (tertiary/aromatic N) is 1. The topological polar surface area (TPSA) is 89.7 Å². The van der Waals surface area contributed by atoms with Crippen LogP contribution in [0.4, 0.5) is 4.79 Å². The first-order valence-electron chi connectivity index (χ1n) is 7.01. The summed E-state index contributed by atoms with van der Waals surface area (Å²) in [5, 5.41) is 0. The lowest BCUT2D eigenvalue weighted by Crippen LogP contribution is -2.50. The molecular formula is C13H24N2O4S. The third-order valence-corrected chi connectivity index (χ3v) is 6.82. The van der Waals surface area contributed by atoms with Gasteiger partial charge in [-0.15, -0.1) is 0 Å². The fourth-order valence-electron chi connectivity index (χ4n) is 3.06. The second kappa shape index (κ2) is 4.87. The predicted molar refractivity (Wildman–Crippen MR) is 76.2 cm³/mol. The second-order valence-electron chi connectivity index (χ2n) is 6.90. The van der Waals surface area contributed by atoms with Crippen LogP contribution < -0.4 is 5.73 Å². The molecular weight excluding hydrogens is 280 g/mol. The van der Waals surface area contributed by atoms with E-state index < -0.39 is 20.2 Å². The first-order chi connectivity index (χ1) is 9.05. The largest absolute Gasteiger partial charge is 0.444 e. The number of ether oxygens (including phenoxy) is 1. The van der Waals surface area contributed by atoms with Crippen molar-refractivity contribution in [2.24, 2.45) is 5.73 Å². The molecule has 1 amide bonds. The third-order valence-electron chi connectivity index (χ3n) is 4.05. The zero-order valence-electron chi connectivity index (χ0n) is 12.4. The Morgan fingerprint density at radius 3 is 2.25 bits per heavy atom. The molecule has 2 rings (SSSR count). The van der Waals surface area contributed by atoms with Gasteiger partial charge in [0.15, 0.2) is 9.84 Å². The fraction of sp³-hybridized carbons (Fsp3) is 0.923. The van der Waals surface area contributed by atoms with E-state index in [-0.39, 0.29) is 17.9 Å². The molecule has 20 heavy (non-hydrogen) atoms. The normalized spacial score (nSPS) is 28.6. The highest BCUT2D eigenvalue weighted by Crippen LogP contribution is 2.40. The molecule has 1 atom stereocenters. The van der Waals surface area contributed by atoms with Crippen LogP contribution in [0.15, 0.2) is 0 Å². The van der Waals surface area contributed by atoms with E-state index in [1.54, 1.807) is 4.90 Å². The summed E-state index contributed by atoms with van der Waals surface area (Å²) >= 11 is 0. The van der Waals surface area contributed by atoms with E-state index in [0.717, 1.165) is 0 Å². The van der Waals surface area contributed by atoms with Gasteiger partial charge in [0.25, 0.3) is 0 Å². The highest BCUT2D eigenvalue weighted by Gasteiger charge is 2.52. The van der Waals surface area contributed by atoms with Crippen LogP contribution in [0.1, 0.15) is 40.0 Å². The Morgan fingerprint density at radius 1 is 1.30 bits per heavy atom. The van der Waals surface area contributed by atoms with Crippen molar-refractivity contribution in [1.29, 1.82) is 0 Å². The number of rotatable bonds is 0. The van der Waals surface area contributed by atoms with Gasteiger partial charge >= 0.3 is 6.09 Å². The molecule has 1 spiro atoms. The SMILES string of the molecule is CC(C)(C)OC(=O)N1CCC2(CC1)CC(N)CS2(=O)=O. The van der Waals surface area contributed by atoms with Gasteiger partial charge in [-0.3, -0.25) is 0 Å². The molecule has 0 aromatic rings. The van der Waals surface area contributed by atoms with Crippen LogP contribution in [-0.4, -0.2) is 54.6 Å². The van der Waals surface area contributed by atoms with Crippen LogP contribution in [0.5, 0.6) is 0 Å². The van der Waals surface area contributed by atoms with E-state index in [0.29, 0.717) is 32.4 Å². The van der Waals surface area contributed by atoms with Crippen LogP contribution in [0, 0.1) is 0 Å². The quantitative estimate of drug-likeness (QED) is 0.718. The number of piperidine rings is 1. The molecule has 1 unspecified atom stereocenters. The van der Waals surface area contributed by atoms with Crippen molar-refractivity contribution in [3.05, 3.63) is 0 Å². The lowest BCUT2D eigenvalue weighted by atomic mass is 9.90. The van der Waals surface area contributed by atoms with Crippen LogP contribution in [0.2, 0.25) is 0 Å². The van der Waals surface area contributed by atoms with Crippen LogP contribution in [0.25, 0.3) is 0 Å². The number of nitrogens with two attached hydrogens (primary N) is 1. The van der Waals surface area contributed by atoms with Gasteiger partial charge in [-0.2, -0.15) is 0 Å². The molecule has 2 heterocycles. The Bertz CT molecular complexity index is 487. The maximum Gasteiger partial charge on any atom is 0.410 e. The minimum atomic E-state index is -3.15. The summed E-state index contributed by atoms with van der Waals surface area (Å²) in [6, 6.07) is -0.270. The lowest BCUT2D eigenvalue weighted by Gasteiger charge is -2.38. The smallest absolute Gasteiger partial charge is 0.410 e. The molecule has 0 radical (unpaired) electrons. The summed E-state index contributed by atoms with van der Waals surface area (Å²) in [6.07, 6.45) is 1.06. The minimum absolute atomic E-state index is 0.0689. The summed E-state index contributed by atoms with van der Waals surface area (Å²) in [7, 11) is -3.15. The summed E-state index contributed by atoms with van der Waals surface area (Å²) < 4.78 is 29.1. The molecule has 2 N–H and O–H groups in total. The lowest BCUT2D eigenvalue weighted by molar-refractivity contribution is 0.0193. The predicted octanol–water partition coefficient (Wildman–Crippen LogP) is 0.902. The highest BCUT2D eigenvalue weighted by atomic mass is 32.2. The third kappa shape index (κ3) is 2.93. The molecule has 0 saturated carbocycles. The first kappa shape index (κ1) is 15.6. The van der Waals surface area contributed by atoms with Crippen LogP contribution >= 0.6 is 0 Å². The van der Waals surface area contributed by atoms with Crippen molar-refractivity contribution < 1.29 is 17.9 Å². The maximum atomic E-state index is 12.2. The van der Waals surface area contributed by atoms with Crippen LogP contribution in [0.3, 0.4) is 0 Å². The first-order valence-corrected chi connectivity index (χ1v) is 8.66. The van der Waals surface area contributed by atoms with Crippen molar-refractivity contribution >= 4 is 15.9 Å². The summed E-state index contributed by atoms with van der Waals surface area (Å²) in [4.78, 5) is 13.6. The van der Waals surface area contributed by atoms with Gasteiger partial charge in [0, 0.05) is 19.1 Å². The average molecular weight is 304 g/mol. The Morgan fingerprint density at radius 2 is 1.85 bits per heavy atom. The average Bonchev–Trinajstić information content (AvgIpc) is 2.46. The Hall–Kier alpha value is -0.820. The standard InChI is InChI=1S/C13H24N2O4S/c1-12(2,3)19-11(16)15-6-4-13(5-7-15)8-10(14)9-20(13,17)18/h10H,4-9,14H2,1-3H3. The van der Waals surface area contributed by atoms with Gasteiger partial charge in [0.1, 0.15) is 5.60 Å². The zero-order chi connectivity index (χ0) is 15.2. The highest BCUT2D eigenvalue weighted by molar-refractivity contribution is 7.93. The van der Waals surface area contributed by atoms with E-state index in [4.69, 9.17) is 10.5 Å². The molecule has 2 aliphatic heterocycles. The van der Waals surface area contributed by atoms with E-state index in [2.05, 4.69) is 0 Å².